The number of hydrogen-bond donors (Lipinski definition) is 3. The van der Waals surface area contributed by atoms with Gasteiger partial charge in [0.2, 0.25) is 0 Å². The van der Waals surface area contributed by atoms with Crippen LogP contribution in [-0.2, 0) is 24.4 Å². The topological polar surface area (TPSA) is 89.1 Å². The molecule has 0 aliphatic carbocycles. The maximum absolute atomic E-state index is 11.9. The van der Waals surface area contributed by atoms with Crippen LogP contribution < -0.4 is 20.1 Å². The van der Waals surface area contributed by atoms with Gasteiger partial charge in [-0.05, 0) is 54.2 Å². The Balaban J connectivity index is 1.51. The van der Waals surface area contributed by atoms with E-state index in [-0.39, 0.29) is 12.6 Å². The third-order valence-corrected chi connectivity index (χ3v) is 6.97. The quantitative estimate of drug-likeness (QED) is 0.158. The Bertz CT molecular complexity index is 1350. The van der Waals surface area contributed by atoms with Crippen molar-refractivity contribution in [1.82, 2.24) is 10.6 Å². The highest BCUT2D eigenvalue weighted by molar-refractivity contribution is 5.66. The van der Waals surface area contributed by atoms with Gasteiger partial charge in [0.1, 0.15) is 19.8 Å². The van der Waals surface area contributed by atoms with Crippen LogP contribution in [0.2, 0.25) is 0 Å². The van der Waals surface area contributed by atoms with E-state index in [2.05, 4.69) is 29.7 Å². The van der Waals surface area contributed by atoms with E-state index < -0.39 is 18.2 Å². The van der Waals surface area contributed by atoms with Crippen LogP contribution in [0.5, 0.6) is 11.5 Å². The Kier molecular flexibility index (Phi) is 11.8. The van der Waals surface area contributed by atoms with Crippen molar-refractivity contribution in [3.63, 3.8) is 0 Å². The van der Waals surface area contributed by atoms with Gasteiger partial charge in [-0.3, -0.25) is 0 Å². The summed E-state index contributed by atoms with van der Waals surface area (Å²) in [4.78, 5) is 11.9. The summed E-state index contributed by atoms with van der Waals surface area (Å²) in [5.41, 5.74) is 3.92. The molecule has 0 aliphatic rings. The van der Waals surface area contributed by atoms with Crippen LogP contribution in [-0.4, -0.2) is 36.9 Å². The third-order valence-electron chi connectivity index (χ3n) is 6.97. The molecule has 0 radical (unpaired) electrons. The standard InChI is InChI=1S/C35H40N2O5/c1-26(18-19-27-12-6-3-7-13-27)37-31(25-42-35(39)36-2)34(38)30-20-21-32(40-23-28-14-8-4-9-15-28)33(22-30)41-24-29-16-10-5-11-17-29/h3-17,20-22,26,31,34,37-38H,18-19,23-25H2,1-2H3,(H,36,39). The fourth-order valence-electron chi connectivity index (χ4n) is 4.59. The zero-order valence-electron chi connectivity index (χ0n) is 24.2. The average molecular weight is 569 g/mol. The summed E-state index contributed by atoms with van der Waals surface area (Å²) >= 11 is 0. The number of aliphatic hydroxyl groups excluding tert-OH is 1. The molecule has 3 N–H and O–H groups in total. The van der Waals surface area contributed by atoms with Gasteiger partial charge in [0.25, 0.3) is 0 Å². The molecule has 0 spiro atoms. The molecule has 1 amide bonds. The van der Waals surface area contributed by atoms with E-state index in [0.29, 0.717) is 30.3 Å². The zero-order valence-corrected chi connectivity index (χ0v) is 24.2. The van der Waals surface area contributed by atoms with E-state index >= 15 is 0 Å². The van der Waals surface area contributed by atoms with Gasteiger partial charge in [-0.1, -0.05) is 97.1 Å². The first-order chi connectivity index (χ1) is 20.5. The molecule has 0 bridgehead atoms. The van der Waals surface area contributed by atoms with Crippen LogP contribution in [0.3, 0.4) is 0 Å². The number of amides is 1. The summed E-state index contributed by atoms with van der Waals surface area (Å²) in [6.45, 7) is 2.79. The van der Waals surface area contributed by atoms with Crippen molar-refractivity contribution in [2.24, 2.45) is 0 Å². The Hall–Kier alpha value is -4.33. The average Bonchev–Trinajstić information content (AvgIpc) is 3.04. The van der Waals surface area contributed by atoms with Crippen LogP contribution in [0.25, 0.3) is 0 Å². The maximum atomic E-state index is 11.9. The predicted octanol–water partition coefficient (Wildman–Crippen LogP) is 6.21. The maximum Gasteiger partial charge on any atom is 0.406 e. The molecule has 3 atom stereocenters. The summed E-state index contributed by atoms with van der Waals surface area (Å²) in [6, 6.07) is 35.0. The summed E-state index contributed by atoms with van der Waals surface area (Å²) in [5.74, 6) is 1.10. The van der Waals surface area contributed by atoms with Gasteiger partial charge in [-0.25, -0.2) is 4.79 Å². The highest BCUT2D eigenvalue weighted by Gasteiger charge is 2.25. The normalized spacial score (nSPS) is 13.0. The van der Waals surface area contributed by atoms with Crippen molar-refractivity contribution in [3.05, 3.63) is 131 Å². The monoisotopic (exact) mass is 568 g/mol. The van der Waals surface area contributed by atoms with E-state index in [0.717, 1.165) is 24.0 Å². The first-order valence-corrected chi connectivity index (χ1v) is 14.3. The Labute approximate surface area is 248 Å². The minimum absolute atomic E-state index is 0.0109. The molecule has 0 fully saturated rings. The molecule has 0 aliphatic heterocycles. The molecule has 42 heavy (non-hydrogen) atoms. The van der Waals surface area contributed by atoms with Gasteiger partial charge in [-0.2, -0.15) is 0 Å². The molecule has 3 unspecified atom stereocenters. The number of benzene rings is 4. The van der Waals surface area contributed by atoms with Gasteiger partial charge in [0.15, 0.2) is 11.5 Å². The molecule has 0 saturated carbocycles. The first-order valence-electron chi connectivity index (χ1n) is 14.3. The lowest BCUT2D eigenvalue weighted by Gasteiger charge is -2.28. The van der Waals surface area contributed by atoms with E-state index in [4.69, 9.17) is 14.2 Å². The number of aryl methyl sites for hydroxylation is 1. The van der Waals surface area contributed by atoms with Gasteiger partial charge in [0, 0.05) is 13.1 Å². The largest absolute Gasteiger partial charge is 0.485 e. The third kappa shape index (κ3) is 9.65. The molecular weight excluding hydrogens is 528 g/mol. The highest BCUT2D eigenvalue weighted by Crippen LogP contribution is 2.33. The molecule has 4 aromatic rings. The number of carbonyl (C=O) groups is 1. The second-order valence-corrected chi connectivity index (χ2v) is 10.2. The predicted molar refractivity (Wildman–Crippen MR) is 165 cm³/mol. The molecule has 220 valence electrons. The lowest BCUT2D eigenvalue weighted by molar-refractivity contribution is 0.0679. The van der Waals surface area contributed by atoms with Crippen LogP contribution >= 0.6 is 0 Å². The van der Waals surface area contributed by atoms with Crippen molar-refractivity contribution < 1.29 is 24.1 Å². The number of aliphatic hydroxyl groups is 1. The van der Waals surface area contributed by atoms with Gasteiger partial charge in [0.05, 0.1) is 12.1 Å². The van der Waals surface area contributed by atoms with Gasteiger partial charge >= 0.3 is 6.09 Å². The second kappa shape index (κ2) is 16.2. The molecule has 4 aromatic carbocycles. The molecule has 0 heterocycles. The highest BCUT2D eigenvalue weighted by atomic mass is 16.5. The summed E-state index contributed by atoms with van der Waals surface area (Å²) in [6.07, 6.45) is 0.211. The van der Waals surface area contributed by atoms with Crippen LogP contribution in [0.1, 0.15) is 41.7 Å². The van der Waals surface area contributed by atoms with Crippen molar-refractivity contribution in [1.29, 1.82) is 0 Å². The van der Waals surface area contributed by atoms with Crippen molar-refractivity contribution in [2.75, 3.05) is 13.7 Å². The lowest BCUT2D eigenvalue weighted by atomic mass is 10.00. The number of hydrogen-bond acceptors (Lipinski definition) is 6. The summed E-state index contributed by atoms with van der Waals surface area (Å²) in [5, 5.41) is 17.5. The SMILES string of the molecule is CNC(=O)OCC(NC(C)CCc1ccccc1)C(O)c1ccc(OCc2ccccc2)c(OCc2ccccc2)c1. The van der Waals surface area contributed by atoms with E-state index in [9.17, 15) is 9.90 Å². The number of ether oxygens (including phenoxy) is 3. The lowest BCUT2D eigenvalue weighted by Crippen LogP contribution is -2.45. The Morgan fingerprint density at radius 3 is 1.88 bits per heavy atom. The van der Waals surface area contributed by atoms with Crippen LogP contribution in [0.15, 0.2) is 109 Å². The fraction of sp³-hybridized carbons (Fsp3) is 0.286. The van der Waals surface area contributed by atoms with Crippen molar-refractivity contribution >= 4 is 6.09 Å². The smallest absolute Gasteiger partial charge is 0.406 e. The van der Waals surface area contributed by atoms with Crippen LogP contribution in [0.4, 0.5) is 4.79 Å². The summed E-state index contributed by atoms with van der Waals surface area (Å²) < 4.78 is 17.7. The van der Waals surface area contributed by atoms with Gasteiger partial charge < -0.3 is 30.0 Å². The van der Waals surface area contributed by atoms with Crippen molar-refractivity contribution in [2.45, 2.75) is 51.2 Å². The van der Waals surface area contributed by atoms with Gasteiger partial charge in [-0.15, -0.1) is 0 Å². The Morgan fingerprint density at radius 1 is 0.762 bits per heavy atom. The van der Waals surface area contributed by atoms with E-state index in [1.54, 1.807) is 6.07 Å². The molecule has 7 nitrogen and oxygen atoms in total. The zero-order chi connectivity index (χ0) is 29.6. The molecule has 4 rings (SSSR count). The van der Waals surface area contributed by atoms with E-state index in [1.165, 1.54) is 12.6 Å². The van der Waals surface area contributed by atoms with E-state index in [1.807, 2.05) is 91.0 Å². The molecule has 0 aromatic heterocycles. The fourth-order valence-corrected chi connectivity index (χ4v) is 4.59. The minimum Gasteiger partial charge on any atom is -0.485 e. The Morgan fingerprint density at radius 2 is 1.31 bits per heavy atom. The molecule has 0 saturated heterocycles. The minimum atomic E-state index is -0.976. The van der Waals surface area contributed by atoms with Crippen LogP contribution in [0, 0.1) is 0 Å². The number of nitrogens with one attached hydrogen (secondary N) is 2. The second-order valence-electron chi connectivity index (χ2n) is 10.2. The molecule has 7 heteroatoms. The molecular formula is C35H40N2O5. The number of alkyl carbamates (subject to hydrolysis) is 1. The summed E-state index contributed by atoms with van der Waals surface area (Å²) in [7, 11) is 1.51. The van der Waals surface area contributed by atoms with Crippen molar-refractivity contribution in [3.8, 4) is 11.5 Å². The number of carbonyl (C=O) groups excluding carboxylic acids is 1. The first kappa shape index (κ1) is 30.6. The number of rotatable bonds is 15.